The highest BCUT2D eigenvalue weighted by Crippen LogP contribution is 2.38. The Kier molecular flexibility index (Phi) is 4.38. The molecule has 17 heavy (non-hydrogen) atoms. The molecule has 0 saturated carbocycles. The van der Waals surface area contributed by atoms with Crippen LogP contribution in [-0.2, 0) is 9.22 Å². The third-order valence-corrected chi connectivity index (χ3v) is 8.38. The van der Waals surface area contributed by atoms with Gasteiger partial charge < -0.3 is 15.1 Å². The third kappa shape index (κ3) is 3.53. The van der Waals surface area contributed by atoms with Crippen LogP contribution >= 0.6 is 0 Å². The van der Waals surface area contributed by atoms with Gasteiger partial charge in [-0.1, -0.05) is 20.8 Å². The van der Waals surface area contributed by atoms with Crippen molar-refractivity contribution in [3.8, 4) is 0 Å². The molecule has 1 fully saturated rings. The van der Waals surface area contributed by atoms with E-state index in [0.717, 1.165) is 0 Å². The van der Waals surface area contributed by atoms with Crippen LogP contribution in [0.1, 0.15) is 27.2 Å². The summed E-state index contributed by atoms with van der Waals surface area (Å²) in [7, 11) is -1.76. The molecule has 0 aromatic heterocycles. The molecule has 5 heteroatoms. The summed E-state index contributed by atoms with van der Waals surface area (Å²) >= 11 is 0. The van der Waals surface area contributed by atoms with Crippen molar-refractivity contribution >= 4 is 14.2 Å². The Bertz CT molecular complexity index is 287. The molecular formula is C12H26N2O2Si. The molecule has 1 rings (SSSR count). The lowest BCUT2D eigenvalue weighted by Crippen LogP contribution is -2.44. The Balaban J connectivity index is 2.58. The fraction of sp³-hybridized carbons (Fsp3) is 0.917. The van der Waals surface area contributed by atoms with Crippen LogP contribution < -0.4 is 5.73 Å². The van der Waals surface area contributed by atoms with Crippen LogP contribution in [0.5, 0.6) is 0 Å². The predicted octanol–water partition coefficient (Wildman–Crippen LogP) is 1.57. The SMILES string of the molecule is CC(C)(C)[Si](C)(C)O[C@H]1CC(=O)N(CCN)C1. The van der Waals surface area contributed by atoms with Gasteiger partial charge in [0.2, 0.25) is 5.91 Å². The second kappa shape index (κ2) is 5.08. The lowest BCUT2D eigenvalue weighted by Gasteiger charge is -2.38. The number of nitrogens with zero attached hydrogens (tertiary/aromatic N) is 1. The summed E-state index contributed by atoms with van der Waals surface area (Å²) in [5.41, 5.74) is 5.49. The number of hydrogen-bond donors (Lipinski definition) is 1. The van der Waals surface area contributed by atoms with Gasteiger partial charge in [-0.15, -0.1) is 0 Å². The van der Waals surface area contributed by atoms with Gasteiger partial charge in [0.05, 0.1) is 12.5 Å². The van der Waals surface area contributed by atoms with Crippen LogP contribution in [0.4, 0.5) is 0 Å². The zero-order valence-corrected chi connectivity index (χ0v) is 12.7. The Labute approximate surface area is 106 Å². The minimum Gasteiger partial charge on any atom is -0.412 e. The maximum absolute atomic E-state index is 11.7. The summed E-state index contributed by atoms with van der Waals surface area (Å²) in [6, 6.07) is 0. The number of likely N-dealkylation sites (tertiary alicyclic amines) is 1. The first-order valence-electron chi connectivity index (χ1n) is 6.33. The van der Waals surface area contributed by atoms with Crippen LogP contribution in [0.25, 0.3) is 0 Å². The van der Waals surface area contributed by atoms with Crippen LogP contribution in [0.15, 0.2) is 0 Å². The molecule has 1 saturated heterocycles. The van der Waals surface area contributed by atoms with E-state index in [2.05, 4.69) is 33.9 Å². The topological polar surface area (TPSA) is 55.6 Å². The average molecular weight is 258 g/mol. The van der Waals surface area contributed by atoms with Gasteiger partial charge in [0, 0.05) is 19.6 Å². The average Bonchev–Trinajstić information content (AvgIpc) is 2.44. The van der Waals surface area contributed by atoms with E-state index in [1.54, 1.807) is 0 Å². The number of hydrogen-bond acceptors (Lipinski definition) is 3. The van der Waals surface area contributed by atoms with Crippen molar-refractivity contribution in [2.24, 2.45) is 5.73 Å². The molecule has 0 spiro atoms. The second-order valence-corrected chi connectivity index (χ2v) is 11.1. The summed E-state index contributed by atoms with van der Waals surface area (Å²) in [6.45, 7) is 13.0. The van der Waals surface area contributed by atoms with Gasteiger partial charge in [-0.25, -0.2) is 0 Å². The molecule has 0 unspecified atom stereocenters. The Morgan fingerprint density at radius 1 is 1.47 bits per heavy atom. The van der Waals surface area contributed by atoms with E-state index in [9.17, 15) is 4.79 Å². The van der Waals surface area contributed by atoms with E-state index in [1.807, 2.05) is 4.90 Å². The summed E-state index contributed by atoms with van der Waals surface area (Å²) in [4.78, 5) is 13.5. The van der Waals surface area contributed by atoms with Gasteiger partial charge in [-0.05, 0) is 18.1 Å². The van der Waals surface area contributed by atoms with Crippen molar-refractivity contribution in [3.05, 3.63) is 0 Å². The summed E-state index contributed by atoms with van der Waals surface area (Å²) < 4.78 is 6.25. The molecular weight excluding hydrogens is 232 g/mol. The molecule has 1 aliphatic rings. The normalized spacial score (nSPS) is 22.4. The monoisotopic (exact) mass is 258 g/mol. The summed E-state index contributed by atoms with van der Waals surface area (Å²) in [5, 5.41) is 0.192. The number of amides is 1. The molecule has 100 valence electrons. The molecule has 0 radical (unpaired) electrons. The lowest BCUT2D eigenvalue weighted by molar-refractivity contribution is -0.127. The van der Waals surface area contributed by atoms with Gasteiger partial charge in [0.15, 0.2) is 8.32 Å². The first-order valence-corrected chi connectivity index (χ1v) is 9.24. The highest BCUT2D eigenvalue weighted by atomic mass is 28.4. The van der Waals surface area contributed by atoms with Crippen molar-refractivity contribution in [1.82, 2.24) is 4.90 Å². The predicted molar refractivity (Wildman–Crippen MR) is 72.3 cm³/mol. The van der Waals surface area contributed by atoms with Crippen LogP contribution in [0.2, 0.25) is 18.1 Å². The molecule has 1 amide bonds. The second-order valence-electron chi connectivity index (χ2n) is 6.33. The molecule has 0 aromatic carbocycles. The first-order chi connectivity index (χ1) is 7.67. The van der Waals surface area contributed by atoms with Gasteiger partial charge in [-0.2, -0.15) is 0 Å². The van der Waals surface area contributed by atoms with Gasteiger partial charge in [0.1, 0.15) is 0 Å². The Morgan fingerprint density at radius 3 is 2.53 bits per heavy atom. The van der Waals surface area contributed by atoms with E-state index >= 15 is 0 Å². The maximum Gasteiger partial charge on any atom is 0.225 e. The Hall–Kier alpha value is -0.393. The van der Waals surface area contributed by atoms with Crippen molar-refractivity contribution in [2.45, 2.75) is 51.4 Å². The number of nitrogens with two attached hydrogens (primary N) is 1. The molecule has 2 N–H and O–H groups in total. The minimum absolute atomic E-state index is 0.0648. The standard InChI is InChI=1S/C12H26N2O2Si/c1-12(2,3)17(4,5)16-10-8-11(15)14(9-10)7-6-13/h10H,6-9,13H2,1-5H3/t10-/m0/s1. The largest absolute Gasteiger partial charge is 0.412 e. The third-order valence-electron chi connectivity index (χ3n) is 3.85. The zero-order valence-electron chi connectivity index (χ0n) is 11.7. The van der Waals surface area contributed by atoms with Crippen LogP contribution in [0.3, 0.4) is 0 Å². The zero-order chi connectivity index (χ0) is 13.3. The highest BCUT2D eigenvalue weighted by Gasteiger charge is 2.41. The smallest absolute Gasteiger partial charge is 0.225 e. The Morgan fingerprint density at radius 2 is 2.06 bits per heavy atom. The number of rotatable bonds is 4. The molecule has 1 aliphatic heterocycles. The fourth-order valence-electron chi connectivity index (χ4n) is 1.78. The van der Waals surface area contributed by atoms with E-state index in [1.165, 1.54) is 0 Å². The van der Waals surface area contributed by atoms with E-state index < -0.39 is 8.32 Å². The van der Waals surface area contributed by atoms with Crippen LogP contribution in [0, 0.1) is 0 Å². The van der Waals surface area contributed by atoms with Gasteiger partial charge >= 0.3 is 0 Å². The number of carbonyl (C=O) groups excluding carboxylic acids is 1. The summed E-state index contributed by atoms with van der Waals surface area (Å²) in [5.74, 6) is 0.180. The quantitative estimate of drug-likeness (QED) is 0.779. The van der Waals surface area contributed by atoms with Crippen LogP contribution in [-0.4, -0.2) is 44.9 Å². The van der Waals surface area contributed by atoms with Crippen molar-refractivity contribution in [2.75, 3.05) is 19.6 Å². The highest BCUT2D eigenvalue weighted by molar-refractivity contribution is 6.74. The molecule has 1 heterocycles. The van der Waals surface area contributed by atoms with E-state index in [0.29, 0.717) is 26.1 Å². The van der Waals surface area contributed by atoms with Gasteiger partial charge in [-0.3, -0.25) is 4.79 Å². The van der Waals surface area contributed by atoms with Crippen molar-refractivity contribution in [3.63, 3.8) is 0 Å². The molecule has 0 bridgehead atoms. The lowest BCUT2D eigenvalue weighted by atomic mass is 10.2. The molecule has 4 nitrogen and oxygen atoms in total. The first kappa shape index (κ1) is 14.7. The van der Waals surface area contributed by atoms with E-state index in [4.69, 9.17) is 10.2 Å². The molecule has 0 aliphatic carbocycles. The van der Waals surface area contributed by atoms with Crippen molar-refractivity contribution in [1.29, 1.82) is 0 Å². The fourth-order valence-corrected chi connectivity index (χ4v) is 3.12. The maximum atomic E-state index is 11.7. The van der Waals surface area contributed by atoms with Gasteiger partial charge in [0.25, 0.3) is 0 Å². The van der Waals surface area contributed by atoms with E-state index in [-0.39, 0.29) is 17.0 Å². The minimum atomic E-state index is -1.76. The molecule has 0 aromatic rings. The summed E-state index contributed by atoms with van der Waals surface area (Å²) in [6.07, 6.45) is 0.585. The van der Waals surface area contributed by atoms with Crippen molar-refractivity contribution < 1.29 is 9.22 Å². The molecule has 1 atom stereocenters. The number of carbonyl (C=O) groups is 1.